The van der Waals surface area contributed by atoms with Crippen LogP contribution in [0.2, 0.25) is 0 Å². The van der Waals surface area contributed by atoms with Crippen LogP contribution < -0.4 is 10.2 Å². The Morgan fingerprint density at radius 2 is 2.24 bits per heavy atom. The normalized spacial score (nSPS) is 10.4. The van der Waals surface area contributed by atoms with Gasteiger partial charge in [0.1, 0.15) is 11.8 Å². The van der Waals surface area contributed by atoms with Crippen LogP contribution in [-0.4, -0.2) is 28.2 Å². The van der Waals surface area contributed by atoms with Gasteiger partial charge in [0.05, 0.1) is 11.1 Å². The second kappa shape index (κ2) is 7.74. The maximum Gasteiger partial charge on any atom is 0.310 e. The number of para-hydroxylation sites is 2. The zero-order valence-electron chi connectivity index (χ0n) is 13.6. The fraction of sp³-hybridized carbons (Fsp3) is 0.188. The number of carbonyl (C=O) groups excluding carboxylic acids is 1. The lowest BCUT2D eigenvalue weighted by Crippen LogP contribution is -2.24. The average Bonchev–Trinajstić information content (AvgIpc) is 2.88. The van der Waals surface area contributed by atoms with Crippen molar-refractivity contribution in [2.45, 2.75) is 6.92 Å². The topological polar surface area (TPSA) is 123 Å². The van der Waals surface area contributed by atoms with E-state index in [1.54, 1.807) is 23.7 Å². The minimum atomic E-state index is -0.587. The van der Waals surface area contributed by atoms with Crippen LogP contribution in [0.1, 0.15) is 17.0 Å². The molecule has 0 saturated heterocycles. The van der Waals surface area contributed by atoms with Crippen LogP contribution in [0.25, 0.3) is 0 Å². The summed E-state index contributed by atoms with van der Waals surface area (Å²) in [6.07, 6.45) is 1.42. The Labute approximate surface area is 143 Å². The number of hydrogen-bond donors (Lipinski definition) is 1. The number of carbonyl (C=O) groups is 1. The number of rotatable bonds is 6. The van der Waals surface area contributed by atoms with Crippen molar-refractivity contribution in [1.29, 1.82) is 5.26 Å². The molecule has 0 saturated carbocycles. The molecular formula is C16H15N5O4. The van der Waals surface area contributed by atoms with Crippen molar-refractivity contribution in [1.82, 2.24) is 9.99 Å². The van der Waals surface area contributed by atoms with Crippen LogP contribution in [-0.2, 0) is 11.8 Å². The van der Waals surface area contributed by atoms with E-state index in [2.05, 4.69) is 10.5 Å². The molecule has 1 amide bonds. The summed E-state index contributed by atoms with van der Waals surface area (Å²) >= 11 is 0. The molecule has 9 heteroatoms. The van der Waals surface area contributed by atoms with Crippen LogP contribution in [0.4, 0.5) is 5.69 Å². The summed E-state index contributed by atoms with van der Waals surface area (Å²) in [5.74, 6) is -0.562. The SMILES string of the molecule is Cc1c(/C=N\NC(=O)COc2ccccc2[N+](=O)[O-])cc(C#N)n1C. The molecule has 1 aromatic carbocycles. The molecule has 128 valence electrons. The summed E-state index contributed by atoms with van der Waals surface area (Å²) in [4.78, 5) is 22.0. The molecule has 2 rings (SSSR count). The lowest BCUT2D eigenvalue weighted by molar-refractivity contribution is -0.385. The molecule has 25 heavy (non-hydrogen) atoms. The second-order valence-electron chi connectivity index (χ2n) is 5.05. The Balaban J connectivity index is 1.94. The van der Waals surface area contributed by atoms with E-state index in [4.69, 9.17) is 10.00 Å². The van der Waals surface area contributed by atoms with Crippen LogP contribution in [0, 0.1) is 28.4 Å². The zero-order chi connectivity index (χ0) is 18.4. The van der Waals surface area contributed by atoms with E-state index < -0.39 is 17.4 Å². The van der Waals surface area contributed by atoms with Gasteiger partial charge in [0, 0.05) is 24.4 Å². The highest BCUT2D eigenvalue weighted by atomic mass is 16.6. The standard InChI is InChI=1S/C16H15N5O4/c1-11-12(7-13(8-17)20(11)2)9-18-19-16(22)10-25-15-6-4-3-5-14(15)21(23)24/h3-7,9H,10H2,1-2H3,(H,19,22)/b18-9-. The van der Waals surface area contributed by atoms with Gasteiger partial charge < -0.3 is 9.30 Å². The number of nitro benzene ring substituents is 1. The second-order valence-corrected chi connectivity index (χ2v) is 5.05. The van der Waals surface area contributed by atoms with E-state index in [1.165, 1.54) is 24.4 Å². The number of hydrogen-bond acceptors (Lipinski definition) is 6. The third-order valence-electron chi connectivity index (χ3n) is 3.50. The van der Waals surface area contributed by atoms with Gasteiger partial charge in [-0.1, -0.05) is 12.1 Å². The van der Waals surface area contributed by atoms with Crippen molar-refractivity contribution in [3.05, 3.63) is 57.4 Å². The predicted molar refractivity (Wildman–Crippen MR) is 89.2 cm³/mol. The number of nitrogens with zero attached hydrogens (tertiary/aromatic N) is 4. The molecule has 1 N–H and O–H groups in total. The van der Waals surface area contributed by atoms with E-state index >= 15 is 0 Å². The van der Waals surface area contributed by atoms with Crippen molar-refractivity contribution in [2.75, 3.05) is 6.61 Å². The number of benzene rings is 1. The van der Waals surface area contributed by atoms with Crippen LogP contribution in [0.5, 0.6) is 5.75 Å². The smallest absolute Gasteiger partial charge is 0.310 e. The Hall–Kier alpha value is -3.67. The number of nitriles is 1. The summed E-state index contributed by atoms with van der Waals surface area (Å²) in [6, 6.07) is 9.47. The lowest BCUT2D eigenvalue weighted by atomic mass is 10.3. The minimum absolute atomic E-state index is 0.00388. The molecule has 1 aromatic heterocycles. The molecule has 0 radical (unpaired) electrons. The number of nitrogens with one attached hydrogen (secondary N) is 1. The monoisotopic (exact) mass is 341 g/mol. The van der Waals surface area contributed by atoms with E-state index in [0.29, 0.717) is 11.3 Å². The molecule has 9 nitrogen and oxygen atoms in total. The quantitative estimate of drug-likeness (QED) is 0.486. The van der Waals surface area contributed by atoms with Crippen LogP contribution in [0.3, 0.4) is 0 Å². The van der Waals surface area contributed by atoms with Gasteiger partial charge in [-0.15, -0.1) is 0 Å². The summed E-state index contributed by atoms with van der Waals surface area (Å²) in [6.45, 7) is 1.40. The average molecular weight is 341 g/mol. The predicted octanol–water partition coefficient (Wildman–Crippen LogP) is 1.64. The molecule has 0 fully saturated rings. The highest BCUT2D eigenvalue weighted by Crippen LogP contribution is 2.25. The summed E-state index contributed by atoms with van der Waals surface area (Å²) in [5.41, 5.74) is 4.04. The molecule has 0 spiro atoms. The Morgan fingerprint density at radius 1 is 1.52 bits per heavy atom. The van der Waals surface area contributed by atoms with Crippen LogP contribution in [0.15, 0.2) is 35.4 Å². The van der Waals surface area contributed by atoms with Crippen molar-refractivity contribution >= 4 is 17.8 Å². The maximum atomic E-state index is 11.7. The molecule has 0 aliphatic heterocycles. The van der Waals surface area contributed by atoms with Gasteiger partial charge in [-0.25, -0.2) is 5.43 Å². The molecule has 0 atom stereocenters. The highest BCUT2D eigenvalue weighted by Gasteiger charge is 2.14. The number of nitro groups is 1. The fourth-order valence-corrected chi connectivity index (χ4v) is 2.04. The first kappa shape index (κ1) is 17.7. The number of amides is 1. The van der Waals surface area contributed by atoms with Gasteiger partial charge >= 0.3 is 5.69 Å². The Kier molecular flexibility index (Phi) is 5.47. The van der Waals surface area contributed by atoms with Gasteiger partial charge in [-0.2, -0.15) is 10.4 Å². The number of ether oxygens (including phenoxy) is 1. The summed E-state index contributed by atoms with van der Waals surface area (Å²) < 4.78 is 6.86. The van der Waals surface area contributed by atoms with Crippen LogP contribution >= 0.6 is 0 Å². The molecule has 2 aromatic rings. The maximum absolute atomic E-state index is 11.7. The number of aromatic nitrogens is 1. The Morgan fingerprint density at radius 3 is 2.88 bits per heavy atom. The van der Waals surface area contributed by atoms with Gasteiger partial charge in [0.15, 0.2) is 12.4 Å². The van der Waals surface area contributed by atoms with Gasteiger partial charge in [0.25, 0.3) is 5.91 Å². The molecule has 0 aliphatic carbocycles. The molecule has 0 unspecified atom stereocenters. The summed E-state index contributed by atoms with van der Waals surface area (Å²) in [7, 11) is 1.75. The summed E-state index contributed by atoms with van der Waals surface area (Å²) in [5, 5.41) is 23.6. The first-order chi connectivity index (χ1) is 11.9. The third kappa shape index (κ3) is 4.20. The van der Waals surface area contributed by atoms with Gasteiger partial charge in [0.2, 0.25) is 0 Å². The van der Waals surface area contributed by atoms with E-state index in [1.807, 2.05) is 13.0 Å². The van der Waals surface area contributed by atoms with Crippen molar-refractivity contribution in [3.63, 3.8) is 0 Å². The first-order valence-corrected chi connectivity index (χ1v) is 7.18. The molecular weight excluding hydrogens is 326 g/mol. The highest BCUT2D eigenvalue weighted by molar-refractivity contribution is 5.84. The van der Waals surface area contributed by atoms with E-state index in [9.17, 15) is 14.9 Å². The Bertz CT molecular complexity index is 879. The fourth-order valence-electron chi connectivity index (χ4n) is 2.04. The zero-order valence-corrected chi connectivity index (χ0v) is 13.6. The van der Waals surface area contributed by atoms with Crippen molar-refractivity contribution in [2.24, 2.45) is 12.1 Å². The lowest BCUT2D eigenvalue weighted by Gasteiger charge is -2.05. The van der Waals surface area contributed by atoms with E-state index in [0.717, 1.165) is 5.69 Å². The third-order valence-corrected chi connectivity index (χ3v) is 3.50. The molecule has 0 bridgehead atoms. The van der Waals surface area contributed by atoms with E-state index in [-0.39, 0.29) is 11.4 Å². The van der Waals surface area contributed by atoms with Gasteiger partial charge in [-0.3, -0.25) is 14.9 Å². The number of hydrazone groups is 1. The molecule has 1 heterocycles. The minimum Gasteiger partial charge on any atom is -0.477 e. The molecule has 0 aliphatic rings. The van der Waals surface area contributed by atoms with Crippen molar-refractivity contribution in [3.8, 4) is 11.8 Å². The first-order valence-electron chi connectivity index (χ1n) is 7.18. The largest absolute Gasteiger partial charge is 0.477 e. The van der Waals surface area contributed by atoms with Gasteiger partial charge in [-0.05, 0) is 19.1 Å². The van der Waals surface area contributed by atoms with Crippen molar-refractivity contribution < 1.29 is 14.5 Å².